The SMILES string of the molecule is N=C1C=C(c2cccnc2)C=C/C1=N/Nc1cccc(-c2c3ccccc3c(-c3cccnc3)c3ccccc23)c1. The Morgan fingerprint density at radius 3 is 1.76 bits per heavy atom. The molecule has 0 amide bonds. The number of hydrogen-bond donors (Lipinski definition) is 2. The molecule has 6 aromatic rings. The van der Waals surface area contributed by atoms with Gasteiger partial charge in [-0.15, -0.1) is 0 Å². The van der Waals surface area contributed by atoms with E-state index in [0.717, 1.165) is 28.0 Å². The average molecular weight is 528 g/mol. The number of aromatic nitrogens is 2. The van der Waals surface area contributed by atoms with Crippen LogP contribution in [-0.4, -0.2) is 21.4 Å². The van der Waals surface area contributed by atoms with E-state index in [1.807, 2.05) is 61.0 Å². The van der Waals surface area contributed by atoms with Crippen molar-refractivity contribution in [2.75, 3.05) is 5.43 Å². The van der Waals surface area contributed by atoms with Crippen molar-refractivity contribution in [3.05, 3.63) is 146 Å². The predicted octanol–water partition coefficient (Wildman–Crippen LogP) is 8.56. The molecule has 194 valence electrons. The molecule has 2 N–H and O–H groups in total. The summed E-state index contributed by atoms with van der Waals surface area (Å²) < 4.78 is 0. The molecule has 2 heterocycles. The summed E-state index contributed by atoms with van der Waals surface area (Å²) in [5, 5.41) is 17.8. The zero-order valence-electron chi connectivity index (χ0n) is 22.1. The number of hydrazone groups is 1. The van der Waals surface area contributed by atoms with Crippen LogP contribution in [-0.2, 0) is 0 Å². The molecule has 0 saturated carbocycles. The number of hydrogen-bond acceptors (Lipinski definition) is 5. The predicted molar refractivity (Wildman–Crippen MR) is 170 cm³/mol. The summed E-state index contributed by atoms with van der Waals surface area (Å²) in [4.78, 5) is 8.58. The van der Waals surface area contributed by atoms with Gasteiger partial charge in [0.2, 0.25) is 0 Å². The highest BCUT2D eigenvalue weighted by molar-refractivity contribution is 6.51. The zero-order chi connectivity index (χ0) is 27.6. The van der Waals surface area contributed by atoms with Crippen molar-refractivity contribution in [3.63, 3.8) is 0 Å². The second kappa shape index (κ2) is 10.5. The minimum atomic E-state index is 0.345. The molecule has 5 heteroatoms. The number of rotatable bonds is 5. The highest BCUT2D eigenvalue weighted by Gasteiger charge is 2.17. The fraction of sp³-hybridized carbons (Fsp3) is 0. The van der Waals surface area contributed by atoms with E-state index >= 15 is 0 Å². The van der Waals surface area contributed by atoms with E-state index in [9.17, 15) is 0 Å². The minimum absolute atomic E-state index is 0.345. The van der Waals surface area contributed by atoms with Crippen molar-refractivity contribution in [3.8, 4) is 22.3 Å². The Morgan fingerprint density at radius 2 is 1.17 bits per heavy atom. The highest BCUT2D eigenvalue weighted by atomic mass is 15.3. The Hall–Kier alpha value is -5.68. The van der Waals surface area contributed by atoms with Crippen molar-refractivity contribution >= 4 is 44.2 Å². The first-order chi connectivity index (χ1) is 20.3. The van der Waals surface area contributed by atoms with Gasteiger partial charge < -0.3 is 0 Å². The van der Waals surface area contributed by atoms with Crippen LogP contribution in [0.15, 0.2) is 145 Å². The molecule has 1 aliphatic carbocycles. The van der Waals surface area contributed by atoms with Crippen LogP contribution in [0.5, 0.6) is 0 Å². The van der Waals surface area contributed by atoms with Crippen LogP contribution < -0.4 is 5.43 Å². The zero-order valence-corrected chi connectivity index (χ0v) is 22.1. The molecule has 0 saturated heterocycles. The number of nitrogens with zero attached hydrogens (tertiary/aromatic N) is 3. The number of allylic oxidation sites excluding steroid dienone is 4. The van der Waals surface area contributed by atoms with Crippen molar-refractivity contribution in [2.45, 2.75) is 0 Å². The first-order valence-electron chi connectivity index (χ1n) is 13.4. The Bertz CT molecular complexity index is 1970. The largest absolute Gasteiger partial charge is 0.299 e. The second-order valence-corrected chi connectivity index (χ2v) is 9.86. The van der Waals surface area contributed by atoms with E-state index in [0.29, 0.717) is 11.4 Å². The molecule has 0 unspecified atom stereocenters. The summed E-state index contributed by atoms with van der Waals surface area (Å²) in [6.07, 6.45) is 12.9. The van der Waals surface area contributed by atoms with Gasteiger partial charge in [-0.1, -0.05) is 78.9 Å². The summed E-state index contributed by atoms with van der Waals surface area (Å²) in [5.41, 5.74) is 11.4. The maximum absolute atomic E-state index is 8.52. The van der Waals surface area contributed by atoms with Gasteiger partial charge in [0.05, 0.1) is 11.4 Å². The number of nitrogens with one attached hydrogen (secondary N) is 2. The number of fused-ring (bicyclic) bond motifs is 2. The lowest BCUT2D eigenvalue weighted by Gasteiger charge is -2.18. The average Bonchev–Trinajstić information content (AvgIpc) is 3.04. The lowest BCUT2D eigenvalue weighted by Crippen LogP contribution is -2.13. The standard InChI is InChI=1S/C36H25N5/c37-33-21-24(26-9-6-18-38-22-26)16-17-34(33)41-40-28-11-5-8-25(20-28)35-29-12-1-3-14-31(29)36(27-10-7-19-39-23-27)32-15-4-2-13-30(32)35/h1-23,37,40H/b37-33?,41-34-. The van der Waals surface area contributed by atoms with Gasteiger partial charge in [0.25, 0.3) is 0 Å². The van der Waals surface area contributed by atoms with Gasteiger partial charge in [-0.3, -0.25) is 20.8 Å². The van der Waals surface area contributed by atoms with E-state index in [1.165, 1.54) is 32.7 Å². The molecular weight excluding hydrogens is 502 g/mol. The molecule has 1 aliphatic rings. The van der Waals surface area contributed by atoms with Crippen LogP contribution in [0, 0.1) is 5.41 Å². The fourth-order valence-corrected chi connectivity index (χ4v) is 5.48. The molecule has 2 aromatic heterocycles. The monoisotopic (exact) mass is 527 g/mol. The molecular formula is C36H25N5. The third-order valence-corrected chi connectivity index (χ3v) is 7.33. The smallest absolute Gasteiger partial charge is 0.108 e. The van der Waals surface area contributed by atoms with Crippen molar-refractivity contribution in [2.24, 2.45) is 5.10 Å². The third-order valence-electron chi connectivity index (χ3n) is 7.33. The van der Waals surface area contributed by atoms with Crippen LogP contribution in [0.25, 0.3) is 49.4 Å². The molecule has 0 aliphatic heterocycles. The van der Waals surface area contributed by atoms with Gasteiger partial charge in [0, 0.05) is 35.9 Å². The van der Waals surface area contributed by atoms with Crippen molar-refractivity contribution in [1.29, 1.82) is 5.41 Å². The van der Waals surface area contributed by atoms with E-state index in [2.05, 4.69) is 87.2 Å². The molecule has 0 bridgehead atoms. The maximum Gasteiger partial charge on any atom is 0.108 e. The quantitative estimate of drug-likeness (QED) is 0.134. The Kier molecular flexibility index (Phi) is 6.22. The highest BCUT2D eigenvalue weighted by Crippen LogP contribution is 2.43. The molecule has 4 aromatic carbocycles. The van der Waals surface area contributed by atoms with Gasteiger partial charge in [-0.05, 0) is 80.2 Å². The lowest BCUT2D eigenvalue weighted by atomic mass is 9.86. The van der Waals surface area contributed by atoms with E-state index < -0.39 is 0 Å². The summed E-state index contributed by atoms with van der Waals surface area (Å²) in [7, 11) is 0. The summed E-state index contributed by atoms with van der Waals surface area (Å²) >= 11 is 0. The van der Waals surface area contributed by atoms with Gasteiger partial charge in [0.1, 0.15) is 5.71 Å². The summed E-state index contributed by atoms with van der Waals surface area (Å²) in [6.45, 7) is 0. The van der Waals surface area contributed by atoms with Crippen LogP contribution in [0.3, 0.4) is 0 Å². The number of anilines is 1. The normalized spacial score (nSPS) is 14.0. The second-order valence-electron chi connectivity index (χ2n) is 9.86. The van der Waals surface area contributed by atoms with Gasteiger partial charge in [0.15, 0.2) is 0 Å². The number of benzene rings is 4. The van der Waals surface area contributed by atoms with Crippen molar-refractivity contribution in [1.82, 2.24) is 9.97 Å². The molecule has 7 rings (SSSR count). The maximum atomic E-state index is 8.52. The van der Waals surface area contributed by atoms with Crippen LogP contribution in [0.1, 0.15) is 5.56 Å². The van der Waals surface area contributed by atoms with Gasteiger partial charge in [-0.2, -0.15) is 5.10 Å². The summed E-state index contributed by atoms with van der Waals surface area (Å²) in [5.74, 6) is 0. The Labute approximate surface area is 237 Å². The van der Waals surface area contributed by atoms with Gasteiger partial charge in [-0.25, -0.2) is 0 Å². The molecule has 0 fully saturated rings. The van der Waals surface area contributed by atoms with Crippen LogP contribution >= 0.6 is 0 Å². The fourth-order valence-electron chi connectivity index (χ4n) is 5.48. The van der Waals surface area contributed by atoms with E-state index in [4.69, 9.17) is 5.41 Å². The molecule has 0 spiro atoms. The first kappa shape index (κ1) is 24.4. The Balaban J connectivity index is 1.28. The summed E-state index contributed by atoms with van der Waals surface area (Å²) in [6, 6.07) is 33.4. The topological polar surface area (TPSA) is 74.0 Å². The van der Waals surface area contributed by atoms with Gasteiger partial charge >= 0.3 is 0 Å². The lowest BCUT2D eigenvalue weighted by molar-refractivity contribution is 1.31. The minimum Gasteiger partial charge on any atom is -0.299 e. The van der Waals surface area contributed by atoms with E-state index in [-0.39, 0.29) is 0 Å². The molecule has 41 heavy (non-hydrogen) atoms. The first-order valence-corrected chi connectivity index (χ1v) is 13.4. The molecule has 0 atom stereocenters. The Morgan fingerprint density at radius 1 is 0.585 bits per heavy atom. The number of pyridine rings is 2. The molecule has 0 radical (unpaired) electrons. The molecule has 5 nitrogen and oxygen atoms in total. The third kappa shape index (κ3) is 4.60. The van der Waals surface area contributed by atoms with Crippen LogP contribution in [0.4, 0.5) is 5.69 Å². The van der Waals surface area contributed by atoms with Crippen LogP contribution in [0.2, 0.25) is 0 Å². The van der Waals surface area contributed by atoms with Crippen molar-refractivity contribution < 1.29 is 0 Å². The van der Waals surface area contributed by atoms with E-state index in [1.54, 1.807) is 12.4 Å².